The Kier molecular flexibility index (Phi) is 4.37. The van der Waals surface area contributed by atoms with Gasteiger partial charge in [-0.1, -0.05) is 18.2 Å². The molecular weight excluding hydrogens is 296 g/mol. The molecule has 1 saturated heterocycles. The summed E-state index contributed by atoms with van der Waals surface area (Å²) in [5.74, 6) is 0.227. The monoisotopic (exact) mass is 310 g/mol. The van der Waals surface area contributed by atoms with Crippen LogP contribution in [0, 0.1) is 0 Å². The number of nitrogens with zero attached hydrogens (tertiary/aromatic N) is 1. The van der Waals surface area contributed by atoms with E-state index in [0.29, 0.717) is 35.4 Å². The molecule has 21 heavy (non-hydrogen) atoms. The summed E-state index contributed by atoms with van der Waals surface area (Å²) in [5, 5.41) is 2.53. The first-order valence-corrected chi connectivity index (χ1v) is 6.80. The van der Waals surface area contributed by atoms with Crippen LogP contribution in [-0.2, 0) is 4.79 Å². The maximum atomic E-state index is 11.9. The van der Waals surface area contributed by atoms with Crippen molar-refractivity contribution in [2.75, 3.05) is 18.1 Å². The molecule has 1 heterocycles. The van der Waals surface area contributed by atoms with Crippen molar-refractivity contribution in [1.82, 2.24) is 5.32 Å². The second kappa shape index (κ2) is 6.05. The van der Waals surface area contributed by atoms with Gasteiger partial charge in [0, 0.05) is 12.1 Å². The largest absolute Gasteiger partial charge is 0.492 e. The highest BCUT2D eigenvalue weighted by atomic mass is 35.5. The van der Waals surface area contributed by atoms with E-state index in [1.165, 1.54) is 0 Å². The Labute approximate surface area is 127 Å². The second-order valence-corrected chi connectivity index (χ2v) is 4.56. The third-order valence-electron chi connectivity index (χ3n) is 2.81. The zero-order valence-electron chi connectivity index (χ0n) is 11.7. The molecule has 0 atom stereocenters. The van der Waals surface area contributed by atoms with Gasteiger partial charge in [0.25, 0.3) is 5.91 Å². The SMILES string of the molecule is C=C1C(=O)NC(=O)N1c1cc(OCC)c(Cl)cc1OCC. The van der Waals surface area contributed by atoms with Crippen LogP contribution in [0.25, 0.3) is 0 Å². The number of rotatable bonds is 5. The molecule has 0 aliphatic carbocycles. The number of carbonyl (C=O) groups is 2. The van der Waals surface area contributed by atoms with Crippen molar-refractivity contribution in [1.29, 1.82) is 0 Å². The van der Waals surface area contributed by atoms with Crippen LogP contribution in [0.2, 0.25) is 5.02 Å². The van der Waals surface area contributed by atoms with E-state index in [1.54, 1.807) is 19.1 Å². The lowest BCUT2D eigenvalue weighted by molar-refractivity contribution is -0.115. The smallest absolute Gasteiger partial charge is 0.333 e. The van der Waals surface area contributed by atoms with Gasteiger partial charge in [-0.05, 0) is 13.8 Å². The lowest BCUT2D eigenvalue weighted by atomic mass is 10.2. The number of nitrogens with one attached hydrogen (secondary N) is 1. The molecule has 0 radical (unpaired) electrons. The number of urea groups is 1. The Morgan fingerprint density at radius 2 is 1.81 bits per heavy atom. The minimum absolute atomic E-state index is 0.0192. The van der Waals surface area contributed by atoms with Gasteiger partial charge in [-0.15, -0.1) is 0 Å². The van der Waals surface area contributed by atoms with Gasteiger partial charge in [-0.25, -0.2) is 4.79 Å². The van der Waals surface area contributed by atoms with Crippen LogP contribution in [-0.4, -0.2) is 25.2 Å². The number of anilines is 1. The molecule has 0 saturated carbocycles. The molecular formula is C14H15ClN2O4. The molecule has 0 aromatic heterocycles. The topological polar surface area (TPSA) is 67.9 Å². The lowest BCUT2D eigenvalue weighted by Crippen LogP contribution is -2.27. The van der Waals surface area contributed by atoms with Crippen molar-refractivity contribution in [2.45, 2.75) is 13.8 Å². The number of ether oxygens (including phenoxy) is 2. The van der Waals surface area contributed by atoms with Gasteiger partial charge in [0.05, 0.1) is 23.9 Å². The average Bonchev–Trinajstić information content (AvgIpc) is 2.67. The fourth-order valence-corrected chi connectivity index (χ4v) is 2.15. The van der Waals surface area contributed by atoms with E-state index in [9.17, 15) is 9.59 Å². The van der Waals surface area contributed by atoms with E-state index >= 15 is 0 Å². The number of imide groups is 1. The van der Waals surface area contributed by atoms with Gasteiger partial charge in [0.15, 0.2) is 0 Å². The third kappa shape index (κ3) is 2.80. The molecule has 0 bridgehead atoms. The normalized spacial score (nSPS) is 14.4. The number of amides is 3. The van der Waals surface area contributed by atoms with Gasteiger partial charge < -0.3 is 9.47 Å². The number of hydrogen-bond donors (Lipinski definition) is 1. The van der Waals surface area contributed by atoms with Crippen LogP contribution in [0.4, 0.5) is 10.5 Å². The van der Waals surface area contributed by atoms with E-state index in [4.69, 9.17) is 21.1 Å². The number of halogens is 1. The summed E-state index contributed by atoms with van der Waals surface area (Å²) < 4.78 is 10.9. The minimum Gasteiger partial charge on any atom is -0.492 e. The van der Waals surface area contributed by atoms with E-state index < -0.39 is 11.9 Å². The van der Waals surface area contributed by atoms with E-state index in [-0.39, 0.29) is 5.70 Å². The lowest BCUT2D eigenvalue weighted by Gasteiger charge is -2.20. The molecule has 1 aliphatic heterocycles. The van der Waals surface area contributed by atoms with Crippen LogP contribution in [0.5, 0.6) is 11.5 Å². The summed E-state index contributed by atoms with van der Waals surface area (Å²) in [5.41, 5.74) is 0.378. The first kappa shape index (κ1) is 15.2. The Morgan fingerprint density at radius 1 is 1.19 bits per heavy atom. The van der Waals surface area contributed by atoms with Crippen molar-refractivity contribution in [3.63, 3.8) is 0 Å². The molecule has 7 heteroatoms. The molecule has 1 aromatic rings. The summed E-state index contributed by atoms with van der Waals surface area (Å²) in [6.07, 6.45) is 0. The number of hydrogen-bond acceptors (Lipinski definition) is 4. The van der Waals surface area contributed by atoms with Crippen LogP contribution in [0.1, 0.15) is 13.8 Å². The minimum atomic E-state index is -0.587. The standard InChI is InChI=1S/C14H15ClN2O4/c1-4-20-11-7-10(12(21-5-2)6-9(11)15)17-8(3)13(18)16-14(17)19/h6-7H,3-5H2,1-2H3,(H,16,18,19). The number of carbonyl (C=O) groups excluding carboxylic acids is 2. The first-order valence-electron chi connectivity index (χ1n) is 6.43. The summed E-state index contributed by atoms with van der Waals surface area (Å²) >= 11 is 6.11. The van der Waals surface area contributed by atoms with E-state index in [0.717, 1.165) is 4.90 Å². The van der Waals surface area contributed by atoms with Gasteiger partial charge in [0.1, 0.15) is 17.2 Å². The Bertz CT molecular complexity index is 615. The predicted octanol–water partition coefficient (Wildman–Crippen LogP) is 2.71. The highest BCUT2D eigenvalue weighted by Crippen LogP contribution is 2.40. The summed E-state index contributed by atoms with van der Waals surface area (Å²) in [7, 11) is 0. The van der Waals surface area contributed by atoms with Crippen molar-refractivity contribution in [2.24, 2.45) is 0 Å². The molecule has 2 rings (SSSR count). The maximum Gasteiger partial charge on any atom is 0.333 e. The predicted molar refractivity (Wildman–Crippen MR) is 78.9 cm³/mol. The molecule has 3 amide bonds. The van der Waals surface area contributed by atoms with E-state index in [2.05, 4.69) is 11.9 Å². The van der Waals surface area contributed by atoms with Gasteiger partial charge in [-0.3, -0.25) is 15.0 Å². The second-order valence-electron chi connectivity index (χ2n) is 4.16. The molecule has 1 aliphatic rings. The third-order valence-corrected chi connectivity index (χ3v) is 3.10. The Hall–Kier alpha value is -2.21. The first-order chi connectivity index (χ1) is 9.99. The molecule has 112 valence electrons. The summed E-state index contributed by atoms with van der Waals surface area (Å²) in [6.45, 7) is 8.03. The van der Waals surface area contributed by atoms with Crippen molar-refractivity contribution < 1.29 is 19.1 Å². The zero-order valence-corrected chi connectivity index (χ0v) is 12.5. The van der Waals surface area contributed by atoms with E-state index in [1.807, 2.05) is 6.92 Å². The van der Waals surface area contributed by atoms with Gasteiger partial charge in [0.2, 0.25) is 0 Å². The zero-order chi connectivity index (χ0) is 15.6. The highest BCUT2D eigenvalue weighted by Gasteiger charge is 2.35. The van der Waals surface area contributed by atoms with Crippen LogP contribution in [0.15, 0.2) is 24.4 Å². The van der Waals surface area contributed by atoms with Crippen molar-refractivity contribution >= 4 is 29.2 Å². The van der Waals surface area contributed by atoms with Gasteiger partial charge in [-0.2, -0.15) is 0 Å². The highest BCUT2D eigenvalue weighted by molar-refractivity contribution is 6.32. The molecule has 0 unspecified atom stereocenters. The number of benzene rings is 1. The van der Waals surface area contributed by atoms with Crippen LogP contribution >= 0.6 is 11.6 Å². The van der Waals surface area contributed by atoms with Gasteiger partial charge >= 0.3 is 6.03 Å². The Morgan fingerprint density at radius 3 is 2.33 bits per heavy atom. The average molecular weight is 311 g/mol. The summed E-state index contributed by atoms with van der Waals surface area (Å²) in [6, 6.07) is 2.52. The van der Waals surface area contributed by atoms with Crippen molar-refractivity contribution in [3.8, 4) is 11.5 Å². The van der Waals surface area contributed by atoms with Crippen molar-refractivity contribution in [3.05, 3.63) is 29.4 Å². The quantitative estimate of drug-likeness (QED) is 0.670. The fourth-order valence-electron chi connectivity index (χ4n) is 1.94. The van der Waals surface area contributed by atoms with Crippen LogP contribution in [0.3, 0.4) is 0 Å². The van der Waals surface area contributed by atoms with Crippen LogP contribution < -0.4 is 19.7 Å². The molecule has 0 spiro atoms. The summed E-state index contributed by atoms with van der Waals surface area (Å²) in [4.78, 5) is 24.6. The Balaban J connectivity index is 2.54. The fraction of sp³-hybridized carbons (Fsp3) is 0.286. The molecule has 1 fully saturated rings. The molecule has 1 aromatic carbocycles. The molecule has 6 nitrogen and oxygen atoms in total. The molecule has 1 N–H and O–H groups in total. The maximum absolute atomic E-state index is 11.9.